The quantitative estimate of drug-likeness (QED) is 0.753. The van der Waals surface area contributed by atoms with E-state index in [1.54, 1.807) is 0 Å². The van der Waals surface area contributed by atoms with Crippen molar-refractivity contribution in [2.24, 2.45) is 5.92 Å². The first kappa shape index (κ1) is 11.7. The number of alkyl carbamates (subject to hydrolysis) is 1. The molecule has 1 saturated heterocycles. The van der Waals surface area contributed by atoms with Crippen LogP contribution in [0.5, 0.6) is 0 Å². The van der Waals surface area contributed by atoms with Crippen LogP contribution in [0.15, 0.2) is 0 Å². The lowest BCUT2D eigenvalue weighted by Crippen LogP contribution is -2.50. The summed E-state index contributed by atoms with van der Waals surface area (Å²) < 4.78 is 5.22. The molecule has 1 aliphatic heterocycles. The van der Waals surface area contributed by atoms with Gasteiger partial charge in [-0.25, -0.2) is 4.79 Å². The topological polar surface area (TPSA) is 50.4 Å². The van der Waals surface area contributed by atoms with Gasteiger partial charge in [-0.2, -0.15) is 0 Å². The summed E-state index contributed by atoms with van der Waals surface area (Å²) in [4.78, 5) is 11.5. The zero-order valence-corrected chi connectivity index (χ0v) is 10.4. The molecule has 4 heteroatoms. The third-order valence-corrected chi connectivity index (χ3v) is 3.45. The maximum Gasteiger partial charge on any atom is 0.407 e. The summed E-state index contributed by atoms with van der Waals surface area (Å²) in [5.74, 6) is 0.820. The molecule has 1 aliphatic carbocycles. The summed E-state index contributed by atoms with van der Waals surface area (Å²) in [7, 11) is 0. The first-order valence-electron chi connectivity index (χ1n) is 6.10. The summed E-state index contributed by atoms with van der Waals surface area (Å²) >= 11 is 0. The van der Waals surface area contributed by atoms with Crippen molar-refractivity contribution in [3.05, 3.63) is 0 Å². The fourth-order valence-corrected chi connectivity index (χ4v) is 2.71. The van der Waals surface area contributed by atoms with Crippen molar-refractivity contribution < 1.29 is 9.53 Å². The molecular formula is C12H22N2O2. The van der Waals surface area contributed by atoms with Crippen LogP contribution in [0.4, 0.5) is 4.79 Å². The van der Waals surface area contributed by atoms with Gasteiger partial charge < -0.3 is 15.4 Å². The first-order chi connectivity index (χ1) is 7.39. The minimum atomic E-state index is -0.414. The molecule has 0 aromatic rings. The molecule has 0 aromatic heterocycles. The van der Waals surface area contributed by atoms with Gasteiger partial charge in [-0.05, 0) is 52.5 Å². The number of hydrogen-bond donors (Lipinski definition) is 2. The van der Waals surface area contributed by atoms with Crippen LogP contribution >= 0.6 is 0 Å². The smallest absolute Gasteiger partial charge is 0.407 e. The van der Waals surface area contributed by atoms with Crippen LogP contribution in [0.1, 0.15) is 40.0 Å². The van der Waals surface area contributed by atoms with Crippen LogP contribution in [-0.2, 0) is 4.74 Å². The van der Waals surface area contributed by atoms with Crippen molar-refractivity contribution >= 4 is 6.09 Å². The second-order valence-electron chi connectivity index (χ2n) is 6.13. The molecule has 1 heterocycles. The van der Waals surface area contributed by atoms with Gasteiger partial charge in [0.2, 0.25) is 0 Å². The van der Waals surface area contributed by atoms with Crippen molar-refractivity contribution in [2.75, 3.05) is 13.1 Å². The number of nitrogens with one attached hydrogen (secondary N) is 2. The Hall–Kier alpha value is -0.770. The molecule has 2 rings (SSSR count). The summed E-state index contributed by atoms with van der Waals surface area (Å²) in [5, 5.41) is 6.39. The lowest BCUT2D eigenvalue weighted by atomic mass is 9.99. The molecule has 0 aromatic carbocycles. The molecule has 2 bridgehead atoms. The summed E-state index contributed by atoms with van der Waals surface area (Å²) in [6.07, 6.45) is 3.36. The molecule has 4 nitrogen and oxygen atoms in total. The van der Waals surface area contributed by atoms with Crippen LogP contribution in [0, 0.1) is 5.92 Å². The zero-order valence-electron chi connectivity index (χ0n) is 10.4. The number of fused-ring (bicyclic) bond motifs is 2. The van der Waals surface area contributed by atoms with E-state index in [4.69, 9.17) is 4.74 Å². The highest BCUT2D eigenvalue weighted by Gasteiger charge is 2.44. The largest absolute Gasteiger partial charge is 0.444 e. The maximum absolute atomic E-state index is 11.5. The van der Waals surface area contributed by atoms with Crippen LogP contribution < -0.4 is 10.6 Å². The van der Waals surface area contributed by atoms with Crippen molar-refractivity contribution in [1.29, 1.82) is 0 Å². The zero-order chi connectivity index (χ0) is 11.8. The van der Waals surface area contributed by atoms with Gasteiger partial charge in [0.05, 0.1) is 0 Å². The van der Waals surface area contributed by atoms with Gasteiger partial charge in [0, 0.05) is 12.1 Å². The molecule has 2 atom stereocenters. The van der Waals surface area contributed by atoms with Crippen LogP contribution in [0.2, 0.25) is 0 Å². The molecule has 0 unspecified atom stereocenters. The van der Waals surface area contributed by atoms with Gasteiger partial charge in [-0.3, -0.25) is 0 Å². The van der Waals surface area contributed by atoms with E-state index in [-0.39, 0.29) is 11.6 Å². The lowest BCUT2D eigenvalue weighted by Gasteiger charge is -2.28. The van der Waals surface area contributed by atoms with E-state index < -0.39 is 5.60 Å². The normalized spacial score (nSPS) is 32.8. The highest BCUT2D eigenvalue weighted by molar-refractivity contribution is 5.67. The van der Waals surface area contributed by atoms with Crippen molar-refractivity contribution in [2.45, 2.75) is 51.2 Å². The number of carbonyl (C=O) groups is 1. The minimum Gasteiger partial charge on any atom is -0.444 e. The molecule has 2 aliphatic rings. The second kappa shape index (κ2) is 3.91. The highest BCUT2D eigenvalue weighted by Crippen LogP contribution is 2.39. The van der Waals surface area contributed by atoms with E-state index in [0.717, 1.165) is 12.5 Å². The third-order valence-electron chi connectivity index (χ3n) is 3.45. The van der Waals surface area contributed by atoms with Gasteiger partial charge in [0.15, 0.2) is 0 Å². The van der Waals surface area contributed by atoms with E-state index in [1.807, 2.05) is 20.8 Å². The Morgan fingerprint density at radius 2 is 2.31 bits per heavy atom. The molecule has 0 radical (unpaired) electrons. The Labute approximate surface area is 97.1 Å². The minimum absolute atomic E-state index is 0.154. The van der Waals surface area contributed by atoms with Crippen molar-refractivity contribution in [1.82, 2.24) is 10.6 Å². The fourth-order valence-electron chi connectivity index (χ4n) is 2.71. The van der Waals surface area contributed by atoms with Crippen LogP contribution in [-0.4, -0.2) is 30.3 Å². The van der Waals surface area contributed by atoms with Crippen molar-refractivity contribution in [3.8, 4) is 0 Å². The monoisotopic (exact) mass is 226 g/mol. The molecule has 2 N–H and O–H groups in total. The molecule has 16 heavy (non-hydrogen) atoms. The number of ether oxygens (including phenoxy) is 1. The summed E-state index contributed by atoms with van der Waals surface area (Å²) in [5.41, 5.74) is -0.259. The van der Waals surface area contributed by atoms with Gasteiger partial charge in [-0.1, -0.05) is 0 Å². The van der Waals surface area contributed by atoms with Gasteiger partial charge >= 0.3 is 6.09 Å². The average molecular weight is 226 g/mol. The van der Waals surface area contributed by atoms with Crippen molar-refractivity contribution in [3.63, 3.8) is 0 Å². The first-order valence-corrected chi connectivity index (χ1v) is 6.10. The highest BCUT2D eigenvalue weighted by atomic mass is 16.6. The predicted molar refractivity (Wildman–Crippen MR) is 62.3 cm³/mol. The molecule has 0 spiro atoms. The van der Waals surface area contributed by atoms with E-state index in [0.29, 0.717) is 6.54 Å². The third kappa shape index (κ3) is 2.67. The molecule has 92 valence electrons. The lowest BCUT2D eigenvalue weighted by molar-refractivity contribution is 0.0512. The van der Waals surface area contributed by atoms with Crippen LogP contribution in [0.25, 0.3) is 0 Å². The molecule has 2 fully saturated rings. The van der Waals surface area contributed by atoms with E-state index in [1.165, 1.54) is 19.3 Å². The molecular weight excluding hydrogens is 204 g/mol. The fraction of sp³-hybridized carbons (Fsp3) is 0.917. The van der Waals surface area contributed by atoms with Gasteiger partial charge in [0.25, 0.3) is 0 Å². The Morgan fingerprint density at radius 1 is 1.56 bits per heavy atom. The number of rotatable bonds is 2. The van der Waals surface area contributed by atoms with Crippen LogP contribution in [0.3, 0.4) is 0 Å². The van der Waals surface area contributed by atoms with E-state index in [9.17, 15) is 4.79 Å². The molecule has 1 saturated carbocycles. The SMILES string of the molecule is CC(C)(C)OC(=O)NC[C@]12CC[C@H](CN1)C2. The molecule has 1 amide bonds. The average Bonchev–Trinajstić information content (AvgIpc) is 2.72. The van der Waals surface area contributed by atoms with E-state index in [2.05, 4.69) is 10.6 Å². The Morgan fingerprint density at radius 3 is 2.75 bits per heavy atom. The Kier molecular flexibility index (Phi) is 2.86. The van der Waals surface area contributed by atoms with Gasteiger partial charge in [0.1, 0.15) is 5.60 Å². The number of piperidine rings is 1. The second-order valence-corrected chi connectivity index (χ2v) is 6.13. The number of amides is 1. The van der Waals surface area contributed by atoms with E-state index >= 15 is 0 Å². The Bertz CT molecular complexity index is 275. The summed E-state index contributed by atoms with van der Waals surface area (Å²) in [6, 6.07) is 0. The predicted octanol–water partition coefficient (Wildman–Crippen LogP) is 1.65. The van der Waals surface area contributed by atoms with Gasteiger partial charge in [-0.15, -0.1) is 0 Å². The Balaban J connectivity index is 1.77. The summed E-state index contributed by atoms with van der Waals surface area (Å²) in [6.45, 7) is 7.44. The maximum atomic E-state index is 11.5. The standard InChI is InChI=1S/C12H22N2O2/c1-11(2,3)16-10(15)13-8-12-5-4-9(6-12)7-14-12/h9,14H,4-8H2,1-3H3,(H,13,15)/t9-,12+/m0/s1. The number of hydrogen-bond acceptors (Lipinski definition) is 3. The number of carbonyl (C=O) groups excluding carboxylic acids is 1.